The quantitative estimate of drug-likeness (QED) is 0.621. The van der Waals surface area contributed by atoms with Gasteiger partial charge in [0.25, 0.3) is 5.91 Å². The molecule has 5 nitrogen and oxygen atoms in total. The molecule has 4 aromatic rings. The number of nitrogens with zero attached hydrogens (tertiary/aromatic N) is 3. The molecule has 1 aromatic carbocycles. The molecule has 0 aliphatic heterocycles. The van der Waals surface area contributed by atoms with Crippen molar-refractivity contribution in [3.8, 4) is 11.1 Å². The van der Waals surface area contributed by atoms with Crippen LogP contribution in [0.2, 0.25) is 0 Å². The van der Waals surface area contributed by atoms with Gasteiger partial charge in [-0.3, -0.25) is 9.78 Å². The number of carbonyl (C=O) groups excluding carboxylic acids is 1. The number of halogens is 1. The molecule has 0 fully saturated rings. The van der Waals surface area contributed by atoms with E-state index in [2.05, 4.69) is 15.3 Å². The van der Waals surface area contributed by atoms with Gasteiger partial charge in [0, 0.05) is 30.4 Å². The Morgan fingerprint density at radius 3 is 2.92 bits per heavy atom. The molecule has 1 amide bonds. The lowest BCUT2D eigenvalue weighted by molar-refractivity contribution is 0.102. The van der Waals surface area contributed by atoms with E-state index in [-0.39, 0.29) is 11.7 Å². The number of anilines is 1. The van der Waals surface area contributed by atoms with Gasteiger partial charge in [0.15, 0.2) is 0 Å². The van der Waals surface area contributed by atoms with Crippen molar-refractivity contribution in [2.45, 2.75) is 0 Å². The van der Waals surface area contributed by atoms with Crippen molar-refractivity contribution in [2.24, 2.45) is 0 Å². The number of fused-ring (bicyclic) bond motifs is 1. The van der Waals surface area contributed by atoms with E-state index in [1.165, 1.54) is 12.1 Å². The number of carbonyl (C=O) groups is 1. The van der Waals surface area contributed by atoms with Crippen LogP contribution in [0.3, 0.4) is 0 Å². The van der Waals surface area contributed by atoms with Crippen molar-refractivity contribution in [1.29, 1.82) is 0 Å². The molecule has 0 radical (unpaired) electrons. The molecule has 3 heterocycles. The summed E-state index contributed by atoms with van der Waals surface area (Å²) < 4.78 is 15.3. The Labute approximate surface area is 142 Å². The van der Waals surface area contributed by atoms with Crippen LogP contribution in [-0.4, -0.2) is 20.3 Å². The van der Waals surface area contributed by atoms with Gasteiger partial charge in [0.1, 0.15) is 11.5 Å². The second kappa shape index (κ2) is 6.16. The fourth-order valence-corrected chi connectivity index (χ4v) is 2.65. The van der Waals surface area contributed by atoms with Crippen LogP contribution in [0.5, 0.6) is 0 Å². The zero-order valence-electron chi connectivity index (χ0n) is 13.1. The molecule has 0 unspecified atom stereocenters. The van der Waals surface area contributed by atoms with Gasteiger partial charge in [-0.15, -0.1) is 0 Å². The summed E-state index contributed by atoms with van der Waals surface area (Å²) in [5.74, 6) is -0.613. The average molecular weight is 332 g/mol. The van der Waals surface area contributed by atoms with E-state index in [1.54, 1.807) is 65.7 Å². The van der Waals surface area contributed by atoms with Crippen molar-refractivity contribution < 1.29 is 9.18 Å². The molecule has 1 N–H and O–H groups in total. The molecule has 6 heteroatoms. The first-order valence-corrected chi connectivity index (χ1v) is 7.65. The van der Waals surface area contributed by atoms with Crippen LogP contribution >= 0.6 is 0 Å². The molecule has 0 spiro atoms. The van der Waals surface area contributed by atoms with E-state index in [0.29, 0.717) is 22.4 Å². The largest absolute Gasteiger partial charge is 0.320 e. The molecular weight excluding hydrogens is 319 g/mol. The Hall–Kier alpha value is -3.54. The number of hydrogen-bond donors (Lipinski definition) is 1. The zero-order valence-corrected chi connectivity index (χ0v) is 13.1. The smallest absolute Gasteiger partial charge is 0.257 e. The van der Waals surface area contributed by atoms with Crippen LogP contribution in [0.15, 0.2) is 73.4 Å². The summed E-state index contributed by atoms with van der Waals surface area (Å²) in [5.41, 5.74) is 3.14. The molecule has 0 saturated heterocycles. The SMILES string of the molecule is O=C(Nc1cnccc1-c1cccc(F)c1)c1ccc2nccn2c1. The van der Waals surface area contributed by atoms with Crippen molar-refractivity contribution in [1.82, 2.24) is 14.4 Å². The highest BCUT2D eigenvalue weighted by atomic mass is 19.1. The normalized spacial score (nSPS) is 10.8. The first kappa shape index (κ1) is 15.0. The molecule has 0 bridgehead atoms. The van der Waals surface area contributed by atoms with Crippen molar-refractivity contribution in [2.75, 3.05) is 5.32 Å². The number of imidazole rings is 1. The number of pyridine rings is 2. The third kappa shape index (κ3) is 2.97. The Morgan fingerprint density at radius 2 is 2.04 bits per heavy atom. The minimum absolute atomic E-state index is 0.277. The number of benzene rings is 1. The van der Waals surface area contributed by atoms with Gasteiger partial charge in [-0.05, 0) is 35.9 Å². The van der Waals surface area contributed by atoms with Gasteiger partial charge in [-0.1, -0.05) is 12.1 Å². The van der Waals surface area contributed by atoms with Gasteiger partial charge in [0.2, 0.25) is 0 Å². The summed E-state index contributed by atoms with van der Waals surface area (Å²) in [6.45, 7) is 0. The van der Waals surface area contributed by atoms with Crippen molar-refractivity contribution >= 4 is 17.2 Å². The van der Waals surface area contributed by atoms with Crippen LogP contribution in [0, 0.1) is 5.82 Å². The summed E-state index contributed by atoms with van der Waals surface area (Å²) in [6.07, 6.45) is 8.30. The lowest BCUT2D eigenvalue weighted by atomic mass is 10.1. The predicted octanol–water partition coefficient (Wildman–Crippen LogP) is 3.79. The molecule has 0 aliphatic rings. The summed E-state index contributed by atoms with van der Waals surface area (Å²) in [5, 5.41) is 2.84. The van der Waals surface area contributed by atoms with E-state index >= 15 is 0 Å². The van der Waals surface area contributed by atoms with Crippen molar-refractivity contribution in [3.05, 3.63) is 84.8 Å². The Balaban J connectivity index is 1.67. The lowest BCUT2D eigenvalue weighted by Gasteiger charge is -2.11. The van der Waals surface area contributed by atoms with E-state index < -0.39 is 0 Å². The highest BCUT2D eigenvalue weighted by Gasteiger charge is 2.12. The number of amides is 1. The Morgan fingerprint density at radius 1 is 1.12 bits per heavy atom. The lowest BCUT2D eigenvalue weighted by Crippen LogP contribution is -2.13. The molecule has 122 valence electrons. The monoisotopic (exact) mass is 332 g/mol. The van der Waals surface area contributed by atoms with Crippen LogP contribution < -0.4 is 5.32 Å². The summed E-state index contributed by atoms with van der Waals surface area (Å²) in [7, 11) is 0. The van der Waals surface area contributed by atoms with Crippen LogP contribution in [0.1, 0.15) is 10.4 Å². The minimum atomic E-state index is -0.336. The minimum Gasteiger partial charge on any atom is -0.320 e. The van der Waals surface area contributed by atoms with E-state index in [9.17, 15) is 9.18 Å². The standard InChI is InChI=1S/C19H13FN4O/c20-15-3-1-2-13(10-15)16-6-7-21-11-17(16)23-19(25)14-4-5-18-22-8-9-24(18)12-14/h1-12H,(H,23,25). The summed E-state index contributed by atoms with van der Waals surface area (Å²) in [6, 6.07) is 11.4. The van der Waals surface area contributed by atoms with Gasteiger partial charge in [0.05, 0.1) is 17.4 Å². The van der Waals surface area contributed by atoms with E-state index in [4.69, 9.17) is 0 Å². The maximum absolute atomic E-state index is 13.5. The summed E-state index contributed by atoms with van der Waals surface area (Å²) >= 11 is 0. The maximum Gasteiger partial charge on any atom is 0.257 e. The number of aromatic nitrogens is 3. The van der Waals surface area contributed by atoms with Crippen LogP contribution in [0.25, 0.3) is 16.8 Å². The van der Waals surface area contributed by atoms with Gasteiger partial charge in [-0.2, -0.15) is 0 Å². The first-order valence-electron chi connectivity index (χ1n) is 7.65. The van der Waals surface area contributed by atoms with E-state index in [1.807, 2.05) is 0 Å². The Bertz CT molecular complexity index is 1070. The average Bonchev–Trinajstić information content (AvgIpc) is 3.10. The third-order valence-electron chi connectivity index (χ3n) is 3.86. The number of hydrogen-bond acceptors (Lipinski definition) is 3. The highest BCUT2D eigenvalue weighted by molar-refractivity contribution is 6.06. The second-order valence-corrected chi connectivity index (χ2v) is 5.50. The van der Waals surface area contributed by atoms with Gasteiger partial charge >= 0.3 is 0 Å². The molecule has 4 rings (SSSR count). The summed E-state index contributed by atoms with van der Waals surface area (Å²) in [4.78, 5) is 20.8. The predicted molar refractivity (Wildman–Crippen MR) is 92.8 cm³/mol. The fraction of sp³-hybridized carbons (Fsp3) is 0. The first-order chi connectivity index (χ1) is 12.2. The zero-order chi connectivity index (χ0) is 17.2. The van der Waals surface area contributed by atoms with Crippen molar-refractivity contribution in [3.63, 3.8) is 0 Å². The molecule has 25 heavy (non-hydrogen) atoms. The van der Waals surface area contributed by atoms with Gasteiger partial charge in [-0.25, -0.2) is 9.37 Å². The fourth-order valence-electron chi connectivity index (χ4n) is 2.65. The molecule has 0 aliphatic carbocycles. The Kier molecular flexibility index (Phi) is 3.70. The molecule has 3 aromatic heterocycles. The third-order valence-corrected chi connectivity index (χ3v) is 3.86. The topological polar surface area (TPSA) is 59.3 Å². The maximum atomic E-state index is 13.5. The molecule has 0 saturated carbocycles. The van der Waals surface area contributed by atoms with Crippen LogP contribution in [-0.2, 0) is 0 Å². The second-order valence-electron chi connectivity index (χ2n) is 5.50. The molecule has 0 atom stereocenters. The van der Waals surface area contributed by atoms with Crippen LogP contribution in [0.4, 0.5) is 10.1 Å². The highest BCUT2D eigenvalue weighted by Crippen LogP contribution is 2.27. The van der Waals surface area contributed by atoms with Gasteiger partial charge < -0.3 is 9.72 Å². The van der Waals surface area contributed by atoms with E-state index in [0.717, 1.165) is 5.65 Å². The molecular formula is C19H13FN4O. The number of rotatable bonds is 3. The number of nitrogens with one attached hydrogen (secondary N) is 1.